The standard InChI is InChI=1S/C15H37BrO13Si8.C2H6O/c1-15(2,16)14(17)18-11-10-12-37-22-31(4)21-34(7)24-33(6)20-30(3)13-19-32(5,28-37)23-35(8,25-33)27-36(9,26-34)29-37;1-3-2/h30-31H,10-13H2,1-9H3;1-2H3. The molecule has 0 amide bonds. The summed E-state index contributed by atoms with van der Waals surface area (Å²) in [6, 6.07) is 0.322. The summed E-state index contributed by atoms with van der Waals surface area (Å²) in [5, 5.41) is 0. The summed E-state index contributed by atoms with van der Waals surface area (Å²) in [4.78, 5) is 12.2. The summed E-state index contributed by atoms with van der Waals surface area (Å²) in [6.07, 6.45) is 0.749. The zero-order chi connectivity index (χ0) is 30.3. The highest BCUT2D eigenvalue weighted by Crippen LogP contribution is 2.42. The van der Waals surface area contributed by atoms with E-state index < -0.39 is 75.5 Å². The molecule has 0 radical (unpaired) electrons. The van der Waals surface area contributed by atoms with Crippen molar-refractivity contribution in [3.8, 4) is 0 Å². The fourth-order valence-corrected chi connectivity index (χ4v) is 44.7. The van der Waals surface area contributed by atoms with Gasteiger partial charge in [0.2, 0.25) is 0 Å². The van der Waals surface area contributed by atoms with Gasteiger partial charge < -0.3 is 55.1 Å². The Morgan fingerprint density at radius 3 is 1.88 bits per heavy atom. The summed E-state index contributed by atoms with van der Waals surface area (Å²) in [5.41, 5.74) is 0. The number of alkyl halides is 1. The van der Waals surface area contributed by atoms with E-state index >= 15 is 0 Å². The van der Waals surface area contributed by atoms with Gasteiger partial charge >= 0.3 is 68.1 Å². The minimum atomic E-state index is -3.60. The van der Waals surface area contributed by atoms with Gasteiger partial charge in [0.05, 0.1) is 12.8 Å². The second kappa shape index (κ2) is 12.9. The molecule has 0 aromatic rings. The summed E-state index contributed by atoms with van der Waals surface area (Å²) in [7, 11) is -22.0. The van der Waals surface area contributed by atoms with Crippen LogP contribution in [0.5, 0.6) is 0 Å². The van der Waals surface area contributed by atoms with Crippen molar-refractivity contribution in [2.75, 3.05) is 27.1 Å². The summed E-state index contributed by atoms with van der Waals surface area (Å²) in [5.74, 6) is -0.364. The Morgan fingerprint density at radius 1 is 0.800 bits per heavy atom. The SMILES string of the molecule is COC.C[SiH]1CO[Si]2(C)O[Si]3(C)O[Si](C)(O1)O[Si]1(C)O[SiH](C)O[Si](CCCOC(=O)C(C)(C)Br)(O2)O[Si](C)(O1)O3. The van der Waals surface area contributed by atoms with Crippen molar-refractivity contribution in [3.63, 3.8) is 0 Å². The summed E-state index contributed by atoms with van der Waals surface area (Å²) >= 11 is 3.33. The highest BCUT2D eigenvalue weighted by atomic mass is 79.9. The first-order valence-corrected chi connectivity index (χ1v) is 31.4. The van der Waals surface area contributed by atoms with Gasteiger partial charge in [0.25, 0.3) is 0 Å². The van der Waals surface area contributed by atoms with Crippen LogP contribution >= 0.6 is 15.9 Å². The van der Waals surface area contributed by atoms with Gasteiger partial charge in [0.1, 0.15) is 4.32 Å². The van der Waals surface area contributed by atoms with Crippen LogP contribution in [0.3, 0.4) is 0 Å². The fraction of sp³-hybridized carbons (Fsp3) is 0.941. The van der Waals surface area contributed by atoms with Gasteiger partial charge in [-0.05, 0) is 33.4 Å². The van der Waals surface area contributed by atoms with Crippen LogP contribution in [0.4, 0.5) is 0 Å². The quantitative estimate of drug-likeness (QED) is 0.175. The van der Waals surface area contributed by atoms with Crippen molar-refractivity contribution < 1.29 is 59.8 Å². The molecule has 23 heteroatoms. The van der Waals surface area contributed by atoms with E-state index in [0.717, 1.165) is 0 Å². The molecule has 0 N–H and O–H groups in total. The maximum absolute atomic E-state index is 12.2. The third-order valence-corrected chi connectivity index (χ3v) is 38.0. The molecule has 8 atom stereocenters. The third kappa shape index (κ3) is 9.36. The zero-order valence-electron chi connectivity index (χ0n) is 25.1. The molecule has 6 bridgehead atoms. The van der Waals surface area contributed by atoms with Crippen molar-refractivity contribution in [2.24, 2.45) is 0 Å². The van der Waals surface area contributed by atoms with Crippen molar-refractivity contribution in [2.45, 2.75) is 76.5 Å². The number of fused-ring (bicyclic) bond motifs is 4. The lowest BCUT2D eigenvalue weighted by Crippen LogP contribution is -2.78. The summed E-state index contributed by atoms with van der Waals surface area (Å²) < 4.78 is 81.1. The number of methoxy groups -OCH3 is 1. The number of hydrogen-bond acceptors (Lipinski definition) is 14. The van der Waals surface area contributed by atoms with E-state index in [4.69, 9.17) is 50.3 Å². The first kappa shape index (κ1) is 35.7. The molecule has 4 saturated heterocycles. The van der Waals surface area contributed by atoms with Gasteiger partial charge in [0.15, 0.2) is 9.04 Å². The predicted octanol–water partition coefficient (Wildman–Crippen LogP) is 2.12. The first-order chi connectivity index (χ1) is 18.2. The van der Waals surface area contributed by atoms with E-state index in [1.807, 2.05) is 19.6 Å². The van der Waals surface area contributed by atoms with Crippen molar-refractivity contribution in [1.29, 1.82) is 0 Å². The lowest BCUT2D eigenvalue weighted by atomic mass is 10.2. The van der Waals surface area contributed by atoms with Gasteiger partial charge in [-0.2, -0.15) is 0 Å². The molecule has 0 aromatic carbocycles. The van der Waals surface area contributed by atoms with E-state index in [-0.39, 0.29) is 12.6 Å². The molecular weight excluding hydrogens is 733 g/mol. The number of carbonyl (C=O) groups is 1. The smallest absolute Gasteiger partial charge is 0.465 e. The van der Waals surface area contributed by atoms with Gasteiger partial charge in [-0.25, -0.2) is 0 Å². The molecule has 8 unspecified atom stereocenters. The van der Waals surface area contributed by atoms with Crippen LogP contribution in [-0.4, -0.2) is 109 Å². The van der Waals surface area contributed by atoms with Crippen LogP contribution in [-0.2, 0) is 59.8 Å². The van der Waals surface area contributed by atoms with E-state index in [2.05, 4.69) is 20.7 Å². The van der Waals surface area contributed by atoms with E-state index in [1.165, 1.54) is 0 Å². The molecule has 40 heavy (non-hydrogen) atoms. The van der Waals surface area contributed by atoms with Gasteiger partial charge in [-0.15, -0.1) is 0 Å². The van der Waals surface area contributed by atoms with Gasteiger partial charge in [0, 0.05) is 53.0 Å². The highest BCUT2D eigenvalue weighted by Gasteiger charge is 2.71. The van der Waals surface area contributed by atoms with Gasteiger partial charge in [-0.3, -0.25) is 4.79 Å². The number of esters is 1. The number of halogens is 1. The van der Waals surface area contributed by atoms with E-state index in [0.29, 0.717) is 18.7 Å². The highest BCUT2D eigenvalue weighted by molar-refractivity contribution is 9.10. The molecule has 4 rings (SSSR count). The van der Waals surface area contributed by atoms with Crippen LogP contribution in [0, 0.1) is 0 Å². The molecule has 0 aliphatic carbocycles. The molecule has 14 nitrogen and oxygen atoms in total. The number of rotatable bonds is 5. The van der Waals surface area contributed by atoms with E-state index in [9.17, 15) is 4.79 Å². The average Bonchev–Trinajstić information content (AvgIpc) is 2.74. The molecular formula is C17H43BrO14Si8. The second-order valence-corrected chi connectivity index (χ2v) is 35.3. The normalized spacial score (nSPS) is 45.4. The number of ether oxygens (including phenoxy) is 2. The third-order valence-electron chi connectivity index (χ3n) is 5.60. The Balaban J connectivity index is 0.00000141. The molecule has 4 aliphatic rings. The Labute approximate surface area is 255 Å². The van der Waals surface area contributed by atoms with E-state index in [1.54, 1.807) is 54.3 Å². The minimum Gasteiger partial charge on any atom is -0.465 e. The molecule has 0 spiro atoms. The second-order valence-electron chi connectivity index (χ2n) is 10.9. The van der Waals surface area contributed by atoms with Crippen molar-refractivity contribution in [1.82, 2.24) is 0 Å². The van der Waals surface area contributed by atoms with Crippen molar-refractivity contribution in [3.05, 3.63) is 0 Å². The molecule has 4 heterocycles. The van der Waals surface area contributed by atoms with Crippen LogP contribution in [0.25, 0.3) is 0 Å². The average molecular weight is 776 g/mol. The van der Waals surface area contributed by atoms with Crippen molar-refractivity contribution >= 4 is 93.0 Å². The fourth-order valence-electron chi connectivity index (χ4n) is 4.69. The topological polar surface area (TPSA) is 137 Å². The zero-order valence-corrected chi connectivity index (χ0v) is 35.0. The first-order valence-electron chi connectivity index (χ1n) is 13.0. The monoisotopic (exact) mass is 774 g/mol. The molecule has 4 aliphatic heterocycles. The van der Waals surface area contributed by atoms with Crippen LogP contribution in [0.1, 0.15) is 20.3 Å². The van der Waals surface area contributed by atoms with Crippen LogP contribution < -0.4 is 0 Å². The number of hydrogen-bond donors (Lipinski definition) is 0. The molecule has 4 fully saturated rings. The molecule has 234 valence electrons. The Morgan fingerprint density at radius 2 is 1.27 bits per heavy atom. The maximum Gasteiger partial charge on any atom is 0.482 e. The van der Waals surface area contributed by atoms with Crippen LogP contribution in [0.15, 0.2) is 0 Å². The Hall–Kier alpha value is 1.21. The summed E-state index contributed by atoms with van der Waals surface area (Å²) in [6.45, 7) is 16.4. The Kier molecular flexibility index (Phi) is 11.5. The molecule has 0 saturated carbocycles. The number of carbonyl (C=O) groups excluding carboxylic acids is 1. The largest absolute Gasteiger partial charge is 0.482 e. The minimum absolute atomic E-state index is 0.155. The lowest BCUT2D eigenvalue weighted by Gasteiger charge is -2.54. The van der Waals surface area contributed by atoms with Crippen LogP contribution in [0.2, 0.25) is 51.9 Å². The van der Waals surface area contributed by atoms with Gasteiger partial charge in [-0.1, -0.05) is 15.9 Å². The maximum atomic E-state index is 12.2. The lowest BCUT2D eigenvalue weighted by molar-refractivity contribution is -0.145. The Bertz CT molecular complexity index is 926. The predicted molar refractivity (Wildman–Crippen MR) is 163 cm³/mol. The molecule has 0 aromatic heterocycles.